The van der Waals surface area contributed by atoms with Gasteiger partial charge in [-0.05, 0) is 57.1 Å². The summed E-state index contributed by atoms with van der Waals surface area (Å²) in [6, 6.07) is 16.3. The van der Waals surface area contributed by atoms with E-state index in [-0.39, 0.29) is 0 Å². The topological polar surface area (TPSA) is 46.3 Å². The zero-order chi connectivity index (χ0) is 19.6. The molecule has 0 aliphatic carbocycles. The van der Waals surface area contributed by atoms with E-state index < -0.39 is 0 Å². The van der Waals surface area contributed by atoms with Gasteiger partial charge < -0.3 is 4.90 Å². The zero-order valence-electron chi connectivity index (χ0n) is 16.4. The van der Waals surface area contributed by atoms with E-state index in [0.29, 0.717) is 11.6 Å². The first-order valence-corrected chi connectivity index (χ1v) is 10.7. The first-order chi connectivity index (χ1) is 14.3. The number of hydrogen-bond donors (Lipinski definition) is 0. The molecule has 29 heavy (non-hydrogen) atoms. The molecule has 2 aromatic carbocycles. The lowest BCUT2D eigenvalue weighted by Gasteiger charge is -2.16. The number of benzene rings is 2. The van der Waals surface area contributed by atoms with Crippen molar-refractivity contribution in [2.24, 2.45) is 4.99 Å². The Hall–Kier alpha value is -2.50. The Morgan fingerprint density at radius 3 is 2.62 bits per heavy atom. The highest BCUT2D eigenvalue weighted by atomic mass is 35.5. The highest BCUT2D eigenvalue weighted by Gasteiger charge is 2.23. The molecule has 0 amide bonds. The molecular weight excluding hydrogens is 382 g/mol. The van der Waals surface area contributed by atoms with Gasteiger partial charge in [-0.2, -0.15) is 0 Å². The van der Waals surface area contributed by atoms with E-state index in [1.165, 1.54) is 25.9 Å². The fraction of sp³-hybridized carbons (Fsp3) is 0.348. The Kier molecular flexibility index (Phi) is 5.17. The third kappa shape index (κ3) is 3.72. The smallest absolute Gasteiger partial charge is 0.159 e. The van der Waals surface area contributed by atoms with Gasteiger partial charge in [-0.3, -0.25) is 9.56 Å². The standard InChI is InChI=1S/C23H24ClN5/c24-18-10-11-20-19(15-18)23(17-7-2-1-3-8-17)25-16-22-27-26-21(29(20)22)9-6-14-28-12-4-5-13-28/h1-3,7-8,10-11,15H,4-6,9,12-14,16H2. The van der Waals surface area contributed by atoms with Crippen LogP contribution >= 0.6 is 11.6 Å². The van der Waals surface area contributed by atoms with Crippen LogP contribution in [0.25, 0.3) is 5.69 Å². The maximum Gasteiger partial charge on any atom is 0.159 e. The predicted octanol–water partition coefficient (Wildman–Crippen LogP) is 4.30. The second-order valence-corrected chi connectivity index (χ2v) is 8.15. The fourth-order valence-electron chi connectivity index (χ4n) is 4.33. The minimum atomic E-state index is 0.510. The van der Waals surface area contributed by atoms with Crippen molar-refractivity contribution in [3.63, 3.8) is 0 Å². The Morgan fingerprint density at radius 1 is 0.966 bits per heavy atom. The van der Waals surface area contributed by atoms with Crippen molar-refractivity contribution in [2.45, 2.75) is 32.2 Å². The lowest BCUT2D eigenvalue weighted by Crippen LogP contribution is -2.21. The monoisotopic (exact) mass is 405 g/mol. The summed E-state index contributed by atoms with van der Waals surface area (Å²) < 4.78 is 2.19. The predicted molar refractivity (Wildman–Crippen MR) is 116 cm³/mol. The van der Waals surface area contributed by atoms with Crippen LogP contribution in [0.15, 0.2) is 53.5 Å². The number of likely N-dealkylation sites (tertiary alicyclic amines) is 1. The number of aryl methyl sites for hydroxylation is 1. The SMILES string of the molecule is Clc1ccc2c(c1)C(c1ccccc1)=NCc1nnc(CCCN3CCCC3)n1-2. The number of halogens is 1. The molecule has 2 aliphatic heterocycles. The van der Waals surface area contributed by atoms with E-state index >= 15 is 0 Å². The molecule has 3 aromatic rings. The molecule has 0 N–H and O–H groups in total. The van der Waals surface area contributed by atoms with Crippen LogP contribution in [0.5, 0.6) is 0 Å². The minimum absolute atomic E-state index is 0.510. The van der Waals surface area contributed by atoms with E-state index in [9.17, 15) is 0 Å². The quantitative estimate of drug-likeness (QED) is 0.635. The van der Waals surface area contributed by atoms with Gasteiger partial charge in [0.1, 0.15) is 12.4 Å². The van der Waals surface area contributed by atoms with Gasteiger partial charge >= 0.3 is 0 Å². The van der Waals surface area contributed by atoms with Crippen molar-refractivity contribution >= 4 is 17.3 Å². The Balaban J connectivity index is 1.50. The summed E-state index contributed by atoms with van der Waals surface area (Å²) in [7, 11) is 0. The number of hydrogen-bond acceptors (Lipinski definition) is 4. The highest BCUT2D eigenvalue weighted by molar-refractivity contribution is 6.31. The van der Waals surface area contributed by atoms with Crippen LogP contribution in [-0.4, -0.2) is 45.0 Å². The van der Waals surface area contributed by atoms with Gasteiger partial charge in [0.15, 0.2) is 5.82 Å². The molecule has 148 valence electrons. The van der Waals surface area contributed by atoms with E-state index in [0.717, 1.165) is 53.6 Å². The third-order valence-electron chi connectivity index (χ3n) is 5.75. The van der Waals surface area contributed by atoms with Crippen molar-refractivity contribution in [3.05, 3.63) is 76.3 Å². The lowest BCUT2D eigenvalue weighted by molar-refractivity contribution is 0.332. The zero-order valence-corrected chi connectivity index (χ0v) is 17.1. The largest absolute Gasteiger partial charge is 0.303 e. The molecule has 1 fully saturated rings. The molecule has 0 bridgehead atoms. The summed E-state index contributed by atoms with van der Waals surface area (Å²) in [6.07, 6.45) is 4.65. The van der Waals surface area contributed by atoms with Gasteiger partial charge in [0.2, 0.25) is 0 Å². The summed E-state index contributed by atoms with van der Waals surface area (Å²) in [4.78, 5) is 7.45. The molecule has 0 atom stereocenters. The van der Waals surface area contributed by atoms with Gasteiger partial charge in [-0.25, -0.2) is 0 Å². The number of fused-ring (bicyclic) bond motifs is 3. The van der Waals surface area contributed by atoms with Crippen LogP contribution < -0.4 is 0 Å². The van der Waals surface area contributed by atoms with Crippen molar-refractivity contribution in [1.82, 2.24) is 19.7 Å². The summed E-state index contributed by atoms with van der Waals surface area (Å²) in [6.45, 7) is 4.10. The number of nitrogens with zero attached hydrogens (tertiary/aromatic N) is 5. The normalized spacial score (nSPS) is 16.2. The summed E-state index contributed by atoms with van der Waals surface area (Å²) in [5.41, 5.74) is 4.13. The average Bonchev–Trinajstić information content (AvgIpc) is 3.37. The number of rotatable bonds is 5. The van der Waals surface area contributed by atoms with Crippen LogP contribution in [0.1, 0.15) is 42.0 Å². The van der Waals surface area contributed by atoms with Gasteiger partial charge in [0.25, 0.3) is 0 Å². The van der Waals surface area contributed by atoms with Gasteiger partial charge in [-0.1, -0.05) is 41.9 Å². The minimum Gasteiger partial charge on any atom is -0.303 e. The lowest BCUT2D eigenvalue weighted by atomic mass is 10.0. The van der Waals surface area contributed by atoms with Crippen molar-refractivity contribution in [3.8, 4) is 5.69 Å². The van der Waals surface area contributed by atoms with Crippen LogP contribution in [0.3, 0.4) is 0 Å². The van der Waals surface area contributed by atoms with Gasteiger partial charge in [0.05, 0.1) is 11.4 Å². The maximum absolute atomic E-state index is 6.38. The van der Waals surface area contributed by atoms with Crippen LogP contribution in [0, 0.1) is 0 Å². The molecule has 6 heteroatoms. The molecular formula is C23H24ClN5. The Morgan fingerprint density at radius 2 is 1.79 bits per heavy atom. The molecule has 3 heterocycles. The first-order valence-electron chi connectivity index (χ1n) is 10.4. The molecule has 2 aliphatic rings. The summed E-state index contributed by atoms with van der Waals surface area (Å²) >= 11 is 6.38. The van der Waals surface area contributed by atoms with Crippen LogP contribution in [0.4, 0.5) is 0 Å². The van der Waals surface area contributed by atoms with Crippen molar-refractivity contribution in [1.29, 1.82) is 0 Å². The number of aliphatic imine (C=N–C) groups is 1. The second-order valence-electron chi connectivity index (χ2n) is 7.71. The summed E-state index contributed by atoms with van der Waals surface area (Å²) in [5, 5.41) is 9.70. The van der Waals surface area contributed by atoms with E-state index in [2.05, 4.69) is 37.9 Å². The Bertz CT molecular complexity index is 1030. The molecule has 0 unspecified atom stereocenters. The van der Waals surface area contributed by atoms with Crippen LogP contribution in [0.2, 0.25) is 5.02 Å². The fourth-order valence-corrected chi connectivity index (χ4v) is 4.51. The van der Waals surface area contributed by atoms with Gasteiger partial charge in [0, 0.05) is 22.6 Å². The van der Waals surface area contributed by atoms with Crippen molar-refractivity contribution in [2.75, 3.05) is 19.6 Å². The van der Waals surface area contributed by atoms with Gasteiger partial charge in [-0.15, -0.1) is 10.2 Å². The molecule has 0 saturated carbocycles. The second kappa shape index (κ2) is 8.09. The molecule has 1 aromatic heterocycles. The molecule has 5 nitrogen and oxygen atoms in total. The Labute approximate surface area is 176 Å². The van der Waals surface area contributed by atoms with E-state index in [1.807, 2.05) is 30.3 Å². The molecule has 5 rings (SSSR count). The van der Waals surface area contributed by atoms with E-state index in [4.69, 9.17) is 16.6 Å². The summed E-state index contributed by atoms with van der Waals surface area (Å²) in [5.74, 6) is 1.89. The maximum atomic E-state index is 6.38. The van der Waals surface area contributed by atoms with Crippen LogP contribution in [-0.2, 0) is 13.0 Å². The van der Waals surface area contributed by atoms with E-state index in [1.54, 1.807) is 0 Å². The molecule has 0 radical (unpaired) electrons. The highest BCUT2D eigenvalue weighted by Crippen LogP contribution is 2.28. The first kappa shape index (κ1) is 18.5. The molecule has 0 spiro atoms. The number of aromatic nitrogens is 3. The van der Waals surface area contributed by atoms with Crippen molar-refractivity contribution < 1.29 is 0 Å². The molecule has 1 saturated heterocycles. The third-order valence-corrected chi connectivity index (χ3v) is 5.99. The average molecular weight is 406 g/mol.